The van der Waals surface area contributed by atoms with Gasteiger partial charge in [0.15, 0.2) is 0 Å². The predicted molar refractivity (Wildman–Crippen MR) is 149 cm³/mol. The molecular weight excluding hydrogens is 502 g/mol. The molecule has 1 heterocycles. The third kappa shape index (κ3) is 7.32. The van der Waals surface area contributed by atoms with Crippen molar-refractivity contribution in [1.82, 2.24) is 4.90 Å². The van der Waals surface area contributed by atoms with Crippen LogP contribution >= 0.6 is 12.2 Å². The van der Waals surface area contributed by atoms with Gasteiger partial charge in [0, 0.05) is 24.3 Å². The normalized spacial score (nSPS) is 15.0. The monoisotopic (exact) mass is 533 g/mol. The summed E-state index contributed by atoms with van der Waals surface area (Å²) in [6, 6.07) is 22.0. The summed E-state index contributed by atoms with van der Waals surface area (Å²) in [4.78, 5) is 25.9. The average Bonchev–Trinajstić information content (AvgIpc) is 2.93. The Kier molecular flexibility index (Phi) is 9.32. The summed E-state index contributed by atoms with van der Waals surface area (Å²) in [5.41, 5.74) is 2.03. The number of nitrogens with zero attached hydrogens (tertiary/aromatic N) is 1. The molecule has 3 aromatic carbocycles. The first-order valence-corrected chi connectivity index (χ1v) is 13.0. The second-order valence-corrected chi connectivity index (χ2v) is 9.77. The van der Waals surface area contributed by atoms with Gasteiger partial charge in [0.2, 0.25) is 0 Å². The fourth-order valence-electron chi connectivity index (χ4n) is 4.52. The zero-order valence-corrected chi connectivity index (χ0v) is 22.1. The number of aromatic carboxylic acids is 1. The molecule has 0 bridgehead atoms. The standard InChI is InChI=1S/C30H31NO6S/c1-35-30(34)31-17-5-4-7-23(31)20-36-24-13-15-26(16-14-24)37-25-11-9-21(10-12-25)18-27(38)19-22-6-2-3-8-28(22)29(32)33/h2-3,6,8-16,23H,4-5,7,17-20H2,1H3,(H,32,33). The molecule has 1 N–H and O–H groups in total. The number of likely N-dealkylation sites (tertiary alicyclic amines) is 1. The Morgan fingerprint density at radius 1 is 0.921 bits per heavy atom. The van der Waals surface area contributed by atoms with Gasteiger partial charge >= 0.3 is 12.1 Å². The van der Waals surface area contributed by atoms with E-state index in [4.69, 9.17) is 26.4 Å². The highest BCUT2D eigenvalue weighted by atomic mass is 32.1. The molecule has 1 amide bonds. The van der Waals surface area contributed by atoms with Gasteiger partial charge in [-0.1, -0.05) is 42.5 Å². The average molecular weight is 534 g/mol. The number of hydrogen-bond acceptors (Lipinski definition) is 6. The maximum atomic E-state index is 12.0. The molecule has 3 aromatic rings. The lowest BCUT2D eigenvalue weighted by molar-refractivity contribution is 0.0693. The molecule has 1 unspecified atom stereocenters. The first-order valence-electron chi connectivity index (χ1n) is 12.6. The van der Waals surface area contributed by atoms with Crippen LogP contribution in [0.25, 0.3) is 0 Å². The molecule has 1 atom stereocenters. The van der Waals surface area contributed by atoms with Crippen LogP contribution in [0.2, 0.25) is 0 Å². The van der Waals surface area contributed by atoms with Gasteiger partial charge < -0.3 is 24.2 Å². The van der Waals surface area contributed by atoms with Crippen LogP contribution in [0, 0.1) is 0 Å². The Bertz CT molecular complexity index is 1260. The van der Waals surface area contributed by atoms with Gasteiger partial charge in [0.25, 0.3) is 0 Å². The molecule has 198 valence electrons. The van der Waals surface area contributed by atoms with Gasteiger partial charge in [-0.05, 0) is 72.9 Å². The maximum absolute atomic E-state index is 12.0. The number of carbonyl (C=O) groups is 2. The van der Waals surface area contributed by atoms with Gasteiger partial charge in [-0.2, -0.15) is 0 Å². The lowest BCUT2D eigenvalue weighted by atomic mass is 9.99. The summed E-state index contributed by atoms with van der Waals surface area (Å²) in [6.07, 6.45) is 3.64. The molecule has 4 rings (SSSR count). The largest absolute Gasteiger partial charge is 0.491 e. The Hall–Kier alpha value is -3.91. The fourth-order valence-corrected chi connectivity index (χ4v) is 4.85. The van der Waals surface area contributed by atoms with Crippen molar-refractivity contribution in [3.63, 3.8) is 0 Å². The number of hydrogen-bond donors (Lipinski definition) is 1. The van der Waals surface area contributed by atoms with Crippen molar-refractivity contribution in [2.45, 2.75) is 38.1 Å². The summed E-state index contributed by atoms with van der Waals surface area (Å²) < 4.78 is 16.8. The third-order valence-corrected chi connectivity index (χ3v) is 6.79. The number of piperidine rings is 1. The number of amides is 1. The van der Waals surface area contributed by atoms with Crippen LogP contribution in [0.15, 0.2) is 72.8 Å². The molecule has 38 heavy (non-hydrogen) atoms. The van der Waals surface area contributed by atoms with E-state index in [-0.39, 0.29) is 17.7 Å². The van der Waals surface area contributed by atoms with Crippen LogP contribution in [0.3, 0.4) is 0 Å². The molecular formula is C30H31NO6S. The highest BCUT2D eigenvalue weighted by Gasteiger charge is 2.27. The summed E-state index contributed by atoms with van der Waals surface area (Å²) in [5, 5.41) is 9.37. The summed E-state index contributed by atoms with van der Waals surface area (Å²) >= 11 is 5.54. The van der Waals surface area contributed by atoms with Crippen molar-refractivity contribution in [3.05, 3.63) is 89.5 Å². The second-order valence-electron chi connectivity index (χ2n) is 9.20. The van der Waals surface area contributed by atoms with Gasteiger partial charge in [-0.15, -0.1) is 0 Å². The minimum Gasteiger partial charge on any atom is -0.491 e. The molecule has 0 aliphatic carbocycles. The van der Waals surface area contributed by atoms with Crippen LogP contribution in [0.1, 0.15) is 40.7 Å². The van der Waals surface area contributed by atoms with Gasteiger partial charge in [0.05, 0.1) is 18.7 Å². The van der Waals surface area contributed by atoms with Crippen LogP contribution in [0.5, 0.6) is 17.2 Å². The first kappa shape index (κ1) is 27.1. The smallest absolute Gasteiger partial charge is 0.409 e. The summed E-state index contributed by atoms with van der Waals surface area (Å²) in [7, 11) is 1.40. The minimum atomic E-state index is -0.945. The number of carboxylic acid groups (broad SMARTS) is 1. The van der Waals surface area contributed by atoms with Gasteiger partial charge in [-0.25, -0.2) is 9.59 Å². The molecule has 7 nitrogen and oxygen atoms in total. The van der Waals surface area contributed by atoms with Crippen LogP contribution in [-0.2, 0) is 17.6 Å². The third-order valence-electron chi connectivity index (χ3n) is 6.50. The van der Waals surface area contributed by atoms with E-state index in [1.54, 1.807) is 23.1 Å². The number of ether oxygens (including phenoxy) is 3. The predicted octanol–water partition coefficient (Wildman–Crippen LogP) is 6.33. The summed E-state index contributed by atoms with van der Waals surface area (Å²) in [5.74, 6) is 1.14. The van der Waals surface area contributed by atoms with E-state index in [2.05, 4.69) is 0 Å². The number of methoxy groups -OCH3 is 1. The van der Waals surface area contributed by atoms with E-state index in [1.807, 2.05) is 54.6 Å². The SMILES string of the molecule is COC(=O)N1CCCCC1COc1ccc(Oc2ccc(CC(=S)Cc3ccccc3C(=O)O)cc2)cc1. The van der Waals surface area contributed by atoms with Crippen molar-refractivity contribution in [1.29, 1.82) is 0 Å². The number of carboxylic acids is 1. The van der Waals surface area contributed by atoms with E-state index in [1.165, 1.54) is 7.11 Å². The molecule has 1 aliphatic rings. The van der Waals surface area contributed by atoms with Gasteiger partial charge in [-0.3, -0.25) is 0 Å². The van der Waals surface area contributed by atoms with E-state index < -0.39 is 5.97 Å². The molecule has 0 aromatic heterocycles. The van der Waals surface area contributed by atoms with E-state index in [0.717, 1.165) is 35.3 Å². The fraction of sp³-hybridized carbons (Fsp3) is 0.300. The zero-order valence-electron chi connectivity index (χ0n) is 21.3. The van der Waals surface area contributed by atoms with Crippen molar-refractivity contribution < 1.29 is 28.9 Å². The second kappa shape index (κ2) is 13.1. The molecule has 0 saturated carbocycles. The van der Waals surface area contributed by atoms with E-state index >= 15 is 0 Å². The molecule has 8 heteroatoms. The summed E-state index contributed by atoms with van der Waals surface area (Å²) in [6.45, 7) is 1.11. The van der Waals surface area contributed by atoms with Crippen LogP contribution in [0.4, 0.5) is 4.79 Å². The number of carbonyl (C=O) groups excluding carboxylic acids is 1. The molecule has 1 fully saturated rings. The molecule has 0 radical (unpaired) electrons. The lowest BCUT2D eigenvalue weighted by Gasteiger charge is -2.34. The van der Waals surface area contributed by atoms with Crippen molar-refractivity contribution in [3.8, 4) is 17.2 Å². The van der Waals surface area contributed by atoms with Crippen molar-refractivity contribution >= 4 is 29.1 Å². The van der Waals surface area contributed by atoms with E-state index in [9.17, 15) is 14.7 Å². The van der Waals surface area contributed by atoms with Crippen molar-refractivity contribution in [2.75, 3.05) is 20.3 Å². The number of benzene rings is 3. The lowest BCUT2D eigenvalue weighted by Crippen LogP contribution is -2.46. The number of thiocarbonyl (C=S) groups is 1. The maximum Gasteiger partial charge on any atom is 0.409 e. The quantitative estimate of drug-likeness (QED) is 0.305. The van der Waals surface area contributed by atoms with Crippen LogP contribution < -0.4 is 9.47 Å². The molecule has 1 saturated heterocycles. The Morgan fingerprint density at radius 3 is 2.26 bits per heavy atom. The molecule has 1 aliphatic heterocycles. The molecule has 0 spiro atoms. The van der Waals surface area contributed by atoms with Crippen LogP contribution in [-0.4, -0.2) is 53.2 Å². The van der Waals surface area contributed by atoms with Gasteiger partial charge in [0.1, 0.15) is 23.9 Å². The highest BCUT2D eigenvalue weighted by molar-refractivity contribution is 7.80. The van der Waals surface area contributed by atoms with Crippen molar-refractivity contribution in [2.24, 2.45) is 0 Å². The highest BCUT2D eigenvalue weighted by Crippen LogP contribution is 2.26. The first-order chi connectivity index (χ1) is 18.4. The minimum absolute atomic E-state index is 0.00503. The Balaban J connectivity index is 1.27. The Morgan fingerprint density at radius 2 is 1.58 bits per heavy atom. The Labute approximate surface area is 227 Å². The zero-order chi connectivity index (χ0) is 26.9. The van der Waals surface area contributed by atoms with E-state index in [0.29, 0.717) is 43.2 Å². The topological polar surface area (TPSA) is 85.3 Å². The number of rotatable bonds is 10.